The first-order valence-corrected chi connectivity index (χ1v) is 5.65. The van der Waals surface area contributed by atoms with E-state index in [1.807, 2.05) is 24.3 Å². The van der Waals surface area contributed by atoms with Gasteiger partial charge in [0.25, 0.3) is 0 Å². The number of nitrogens with one attached hydrogen (secondary N) is 1. The van der Waals surface area contributed by atoms with Gasteiger partial charge in [-0.25, -0.2) is 4.79 Å². The van der Waals surface area contributed by atoms with Crippen LogP contribution >= 0.6 is 0 Å². The van der Waals surface area contributed by atoms with Crippen molar-refractivity contribution < 1.29 is 14.7 Å². The van der Waals surface area contributed by atoms with Gasteiger partial charge in [-0.15, -0.1) is 0 Å². The lowest BCUT2D eigenvalue weighted by Crippen LogP contribution is -2.18. The van der Waals surface area contributed by atoms with Crippen LogP contribution in [0.4, 0.5) is 5.69 Å². The fourth-order valence-corrected chi connectivity index (χ4v) is 1.81. The molecule has 0 saturated heterocycles. The van der Waals surface area contributed by atoms with E-state index in [0.717, 1.165) is 29.3 Å². The van der Waals surface area contributed by atoms with Crippen LogP contribution in [0.5, 0.6) is 0 Å². The van der Waals surface area contributed by atoms with Gasteiger partial charge in [0.2, 0.25) is 5.91 Å². The average molecular weight is 243 g/mol. The number of benzene rings is 1. The molecule has 1 aliphatic rings. The molecule has 0 spiro atoms. The average Bonchev–Trinajstić information content (AvgIpc) is 2.34. The Morgan fingerprint density at radius 3 is 2.89 bits per heavy atom. The van der Waals surface area contributed by atoms with Crippen molar-refractivity contribution in [1.29, 1.82) is 0 Å². The number of aryl methyl sites for hydroxylation is 1. The first-order chi connectivity index (χ1) is 8.65. The third kappa shape index (κ3) is 3.07. The molecule has 2 N–H and O–H groups in total. The number of carbonyl (C=O) groups is 2. The van der Waals surface area contributed by atoms with Gasteiger partial charge in [-0.05, 0) is 29.7 Å². The minimum absolute atomic E-state index is 0.0511. The van der Waals surface area contributed by atoms with E-state index >= 15 is 0 Å². The van der Waals surface area contributed by atoms with E-state index in [2.05, 4.69) is 5.32 Å². The zero-order chi connectivity index (χ0) is 13.0. The summed E-state index contributed by atoms with van der Waals surface area (Å²) in [5.41, 5.74) is 2.96. The van der Waals surface area contributed by atoms with Crippen molar-refractivity contribution in [3.05, 3.63) is 47.6 Å². The molecule has 18 heavy (non-hydrogen) atoms. The van der Waals surface area contributed by atoms with E-state index in [-0.39, 0.29) is 5.91 Å². The van der Waals surface area contributed by atoms with Crippen LogP contribution in [0.1, 0.15) is 17.5 Å². The Balaban J connectivity index is 2.12. The molecule has 1 aromatic carbocycles. The summed E-state index contributed by atoms with van der Waals surface area (Å²) in [5.74, 6) is -0.914. The molecule has 4 heteroatoms. The normalized spacial score (nSPS) is 14.8. The van der Waals surface area contributed by atoms with Crippen molar-refractivity contribution >= 4 is 23.6 Å². The van der Waals surface area contributed by atoms with Gasteiger partial charge < -0.3 is 10.4 Å². The SMILES string of the molecule is O=C(O)/C=C/C=C/c1ccc2c(c1)CCC(=O)N2. The predicted octanol–water partition coefficient (Wildman–Crippen LogP) is 2.23. The van der Waals surface area contributed by atoms with Gasteiger partial charge >= 0.3 is 5.97 Å². The maximum absolute atomic E-state index is 11.2. The van der Waals surface area contributed by atoms with E-state index in [9.17, 15) is 9.59 Å². The highest BCUT2D eigenvalue weighted by molar-refractivity contribution is 5.94. The molecular formula is C14H13NO3. The molecule has 0 bridgehead atoms. The molecule has 4 nitrogen and oxygen atoms in total. The van der Waals surface area contributed by atoms with E-state index in [0.29, 0.717) is 6.42 Å². The number of anilines is 1. The molecule has 0 aromatic heterocycles. The van der Waals surface area contributed by atoms with Crippen LogP contribution in [0.15, 0.2) is 36.4 Å². The molecule has 1 aromatic rings. The summed E-state index contributed by atoms with van der Waals surface area (Å²) in [6, 6.07) is 5.75. The third-order valence-electron chi connectivity index (χ3n) is 2.66. The van der Waals surface area contributed by atoms with Crippen LogP contribution in [-0.2, 0) is 16.0 Å². The van der Waals surface area contributed by atoms with Gasteiger partial charge in [-0.2, -0.15) is 0 Å². The number of aliphatic carboxylic acids is 1. The maximum Gasteiger partial charge on any atom is 0.328 e. The fraction of sp³-hybridized carbons (Fsp3) is 0.143. The molecular weight excluding hydrogens is 230 g/mol. The molecule has 0 fully saturated rings. The Labute approximate surface area is 105 Å². The number of fused-ring (bicyclic) bond motifs is 1. The van der Waals surface area contributed by atoms with Gasteiger partial charge in [0.05, 0.1) is 0 Å². The zero-order valence-corrected chi connectivity index (χ0v) is 9.72. The van der Waals surface area contributed by atoms with E-state index < -0.39 is 5.97 Å². The predicted molar refractivity (Wildman–Crippen MR) is 69.2 cm³/mol. The number of hydrogen-bond donors (Lipinski definition) is 2. The summed E-state index contributed by atoms with van der Waals surface area (Å²) in [7, 11) is 0. The quantitative estimate of drug-likeness (QED) is 0.632. The Bertz CT molecular complexity index is 544. The van der Waals surface area contributed by atoms with Gasteiger partial charge in [0.15, 0.2) is 0 Å². The lowest BCUT2D eigenvalue weighted by Gasteiger charge is -2.16. The van der Waals surface area contributed by atoms with Crippen molar-refractivity contribution in [2.24, 2.45) is 0 Å². The summed E-state index contributed by atoms with van der Waals surface area (Å²) >= 11 is 0. The smallest absolute Gasteiger partial charge is 0.328 e. The van der Waals surface area contributed by atoms with Crippen LogP contribution < -0.4 is 5.32 Å². The molecule has 1 amide bonds. The number of carboxylic acid groups (broad SMARTS) is 1. The second kappa shape index (κ2) is 5.31. The highest BCUT2D eigenvalue weighted by atomic mass is 16.4. The Morgan fingerprint density at radius 2 is 2.11 bits per heavy atom. The largest absolute Gasteiger partial charge is 0.478 e. The molecule has 0 radical (unpaired) electrons. The highest BCUT2D eigenvalue weighted by Gasteiger charge is 2.13. The Morgan fingerprint density at radius 1 is 1.28 bits per heavy atom. The Hall–Kier alpha value is -2.36. The third-order valence-corrected chi connectivity index (χ3v) is 2.66. The Kier molecular flexibility index (Phi) is 3.57. The van der Waals surface area contributed by atoms with Gasteiger partial charge in [0, 0.05) is 18.2 Å². The van der Waals surface area contributed by atoms with E-state index in [4.69, 9.17) is 5.11 Å². The van der Waals surface area contributed by atoms with Crippen LogP contribution in [0, 0.1) is 0 Å². The lowest BCUT2D eigenvalue weighted by atomic mass is 10.0. The van der Waals surface area contributed by atoms with Crippen molar-refractivity contribution in [3.63, 3.8) is 0 Å². The van der Waals surface area contributed by atoms with Gasteiger partial charge in [-0.3, -0.25) is 4.79 Å². The molecule has 92 valence electrons. The van der Waals surface area contributed by atoms with E-state index in [1.165, 1.54) is 6.08 Å². The minimum Gasteiger partial charge on any atom is -0.478 e. The molecule has 0 aliphatic carbocycles. The summed E-state index contributed by atoms with van der Waals surface area (Å²) in [6.07, 6.45) is 7.32. The van der Waals surface area contributed by atoms with Crippen LogP contribution in [-0.4, -0.2) is 17.0 Å². The number of amides is 1. The van der Waals surface area contributed by atoms with Crippen molar-refractivity contribution in [3.8, 4) is 0 Å². The summed E-state index contributed by atoms with van der Waals surface area (Å²) in [5, 5.41) is 11.2. The summed E-state index contributed by atoms with van der Waals surface area (Å²) in [6.45, 7) is 0. The molecule has 0 saturated carbocycles. The van der Waals surface area contributed by atoms with Crippen LogP contribution in [0.3, 0.4) is 0 Å². The summed E-state index contributed by atoms with van der Waals surface area (Å²) < 4.78 is 0. The van der Waals surface area contributed by atoms with Crippen molar-refractivity contribution in [2.75, 3.05) is 5.32 Å². The maximum atomic E-state index is 11.2. The number of rotatable bonds is 3. The first-order valence-electron chi connectivity index (χ1n) is 5.65. The molecule has 1 heterocycles. The second-order valence-electron chi connectivity index (χ2n) is 4.02. The standard InChI is InChI=1S/C14H13NO3/c16-13-8-6-11-9-10(5-7-12(11)15-13)3-1-2-4-14(17)18/h1-5,7,9H,6,8H2,(H,15,16)(H,17,18)/b3-1+,4-2+. The van der Waals surface area contributed by atoms with Crippen LogP contribution in [0.2, 0.25) is 0 Å². The fourth-order valence-electron chi connectivity index (χ4n) is 1.81. The summed E-state index contributed by atoms with van der Waals surface area (Å²) in [4.78, 5) is 21.5. The number of carboxylic acids is 1. The molecule has 1 aliphatic heterocycles. The molecule has 0 atom stereocenters. The first kappa shape index (κ1) is 12.1. The number of hydrogen-bond acceptors (Lipinski definition) is 2. The monoisotopic (exact) mass is 243 g/mol. The van der Waals surface area contributed by atoms with Crippen molar-refractivity contribution in [2.45, 2.75) is 12.8 Å². The van der Waals surface area contributed by atoms with Gasteiger partial charge in [0.1, 0.15) is 0 Å². The highest BCUT2D eigenvalue weighted by Crippen LogP contribution is 2.23. The zero-order valence-electron chi connectivity index (χ0n) is 9.72. The topological polar surface area (TPSA) is 66.4 Å². The van der Waals surface area contributed by atoms with E-state index in [1.54, 1.807) is 6.08 Å². The van der Waals surface area contributed by atoms with Gasteiger partial charge in [-0.1, -0.05) is 24.3 Å². The van der Waals surface area contributed by atoms with Crippen molar-refractivity contribution in [1.82, 2.24) is 0 Å². The lowest BCUT2D eigenvalue weighted by molar-refractivity contribution is -0.131. The van der Waals surface area contributed by atoms with Crippen LogP contribution in [0.25, 0.3) is 6.08 Å². The molecule has 2 rings (SSSR count). The second-order valence-corrected chi connectivity index (χ2v) is 4.02. The number of allylic oxidation sites excluding steroid dienone is 2. The number of carbonyl (C=O) groups excluding carboxylic acids is 1. The minimum atomic E-state index is -0.965. The molecule has 0 unspecified atom stereocenters.